The van der Waals surface area contributed by atoms with Gasteiger partial charge in [0, 0.05) is 90.9 Å². The number of rotatable bonds is 32. The molecule has 0 spiro atoms. The zero-order valence-electron chi connectivity index (χ0n) is 68.2. The topological polar surface area (TPSA) is 381 Å². The number of nitrogens with one attached hydrogen (secondary N) is 6. The fourth-order valence-corrected chi connectivity index (χ4v) is 18.4. The Kier molecular flexibility index (Phi) is 25.1. The molecule has 626 valence electrons. The summed E-state index contributed by atoms with van der Waals surface area (Å²) in [7, 11) is 3.21. The molecule has 0 bridgehead atoms. The van der Waals surface area contributed by atoms with Gasteiger partial charge in [0.2, 0.25) is 23.6 Å². The first kappa shape index (κ1) is 84.3. The Morgan fingerprint density at radius 2 is 0.966 bits per heavy atom. The molecule has 8 fully saturated rings. The van der Waals surface area contributed by atoms with Gasteiger partial charge in [-0.2, -0.15) is 0 Å². The van der Waals surface area contributed by atoms with Crippen molar-refractivity contribution in [2.75, 3.05) is 64.4 Å². The van der Waals surface area contributed by atoms with E-state index in [-0.39, 0.29) is 62.6 Å². The average molecular weight is 1640 g/mol. The number of fused-ring (bicyclic) bond motifs is 4. The number of hydrogen-bond acceptors (Lipinski definition) is 24. The highest BCUT2D eigenvalue weighted by atomic mass is 32.1. The number of carboxylic acid groups (broad SMARTS) is 2. The summed E-state index contributed by atoms with van der Waals surface area (Å²) in [4.78, 5) is 131. The molecule has 8 N–H and O–H groups in total. The van der Waals surface area contributed by atoms with Gasteiger partial charge in [0.05, 0.1) is 48.7 Å². The first-order chi connectivity index (χ1) is 55.2. The summed E-state index contributed by atoms with van der Waals surface area (Å²) >= 11 is 2.92. The Balaban J connectivity index is 0.000000202. The van der Waals surface area contributed by atoms with Crippen molar-refractivity contribution in [3.05, 3.63) is 71.9 Å². The number of nitrogens with zero attached hydrogens (tertiary/aromatic N) is 6. The zero-order valence-corrected chi connectivity index (χ0v) is 69.9. The van der Waals surface area contributed by atoms with Crippen molar-refractivity contribution in [2.45, 2.75) is 219 Å². The zero-order chi connectivity index (χ0) is 83.0. The predicted octanol–water partition coefficient (Wildman–Crippen LogP) is 11.5. The monoisotopic (exact) mass is 1640 g/mol. The highest BCUT2D eigenvalue weighted by Crippen LogP contribution is 2.54. The molecule has 6 aliphatic carbocycles. The molecule has 8 aliphatic rings. The molecule has 2 aromatic carbocycles. The lowest BCUT2D eigenvalue weighted by Gasteiger charge is -2.35. The maximum Gasteiger partial charge on any atom is 0.408 e. The van der Waals surface area contributed by atoms with E-state index in [2.05, 4.69) is 38.5 Å². The highest BCUT2D eigenvalue weighted by molar-refractivity contribution is 7.14. The number of benzene rings is 2. The summed E-state index contributed by atoms with van der Waals surface area (Å²) in [6, 6.07) is 10.6. The van der Waals surface area contributed by atoms with Gasteiger partial charge in [-0.1, -0.05) is 61.0 Å². The molecular formula is C84H110N12O18S2. The van der Waals surface area contributed by atoms with Crippen molar-refractivity contribution in [1.29, 1.82) is 0 Å². The number of ether oxygens (including phenoxy) is 8. The Hall–Kier alpha value is -9.66. The Bertz CT molecular complexity index is 4660. The van der Waals surface area contributed by atoms with Crippen LogP contribution in [-0.2, 0) is 47.7 Å². The molecule has 0 radical (unpaired) electrons. The maximum atomic E-state index is 14.7. The number of hydrogen-bond donors (Lipinski definition) is 8. The summed E-state index contributed by atoms with van der Waals surface area (Å²) in [5.74, 6) is -0.635. The quantitative estimate of drug-likeness (QED) is 0.0144. The first-order valence-corrected chi connectivity index (χ1v) is 42.1. The van der Waals surface area contributed by atoms with E-state index in [1.54, 1.807) is 26.4 Å². The van der Waals surface area contributed by atoms with Gasteiger partial charge in [0.15, 0.2) is 10.3 Å². The lowest BCUT2D eigenvalue weighted by Crippen LogP contribution is -2.59. The molecule has 32 heteroatoms. The molecule has 6 saturated carbocycles. The van der Waals surface area contributed by atoms with Crippen molar-refractivity contribution < 1.29 is 86.5 Å². The lowest BCUT2D eigenvalue weighted by atomic mass is 9.85. The number of amides is 6. The van der Waals surface area contributed by atoms with Gasteiger partial charge in [0.25, 0.3) is 0 Å². The van der Waals surface area contributed by atoms with Crippen LogP contribution < -0.4 is 50.8 Å². The largest absolute Gasteiger partial charge is 0.491 e. The van der Waals surface area contributed by atoms with Crippen molar-refractivity contribution in [1.82, 2.24) is 51.0 Å². The van der Waals surface area contributed by atoms with Crippen molar-refractivity contribution >= 4 is 102 Å². The van der Waals surface area contributed by atoms with Crippen LogP contribution in [0.15, 0.2) is 71.9 Å². The smallest absolute Gasteiger partial charge is 0.408 e. The van der Waals surface area contributed by atoms with Crippen LogP contribution in [0.3, 0.4) is 0 Å². The van der Waals surface area contributed by atoms with E-state index in [9.17, 15) is 48.6 Å². The molecule has 6 aromatic rings. The summed E-state index contributed by atoms with van der Waals surface area (Å²) in [5.41, 5.74) is -0.919. The summed E-state index contributed by atoms with van der Waals surface area (Å²) in [6.45, 7) is 26.3. The Morgan fingerprint density at radius 3 is 1.32 bits per heavy atom. The number of alkyl carbamates (subject to hydrolysis) is 2. The van der Waals surface area contributed by atoms with Gasteiger partial charge in [-0.15, -0.1) is 29.3 Å². The summed E-state index contributed by atoms with van der Waals surface area (Å²) in [5, 5.41) is 44.8. The predicted molar refractivity (Wildman–Crippen MR) is 436 cm³/mol. The van der Waals surface area contributed by atoms with Crippen LogP contribution in [-0.4, -0.2) is 213 Å². The number of anilines is 2. The van der Waals surface area contributed by atoms with Gasteiger partial charge in [-0.05, 0) is 144 Å². The van der Waals surface area contributed by atoms with Gasteiger partial charge in [-0.25, -0.2) is 39.1 Å². The second-order valence-corrected chi connectivity index (χ2v) is 36.7. The molecule has 6 heterocycles. The number of likely N-dealkylation sites (tertiary alicyclic amines) is 2. The normalized spacial score (nSPS) is 26.5. The molecular weight excluding hydrogens is 1530 g/mol. The van der Waals surface area contributed by atoms with E-state index in [4.69, 9.17) is 57.8 Å². The number of carbonyl (C=O) groups excluding carboxylic acids is 6. The van der Waals surface area contributed by atoms with Crippen molar-refractivity contribution in [2.24, 2.45) is 46.3 Å². The second kappa shape index (κ2) is 34.5. The van der Waals surface area contributed by atoms with E-state index in [1.165, 1.54) is 51.4 Å². The van der Waals surface area contributed by atoms with Crippen LogP contribution in [0.4, 0.5) is 19.9 Å². The van der Waals surface area contributed by atoms with Gasteiger partial charge in [-0.3, -0.25) is 19.2 Å². The second-order valence-electron chi connectivity index (χ2n) is 35.0. The van der Waals surface area contributed by atoms with Crippen LogP contribution in [0.2, 0.25) is 0 Å². The minimum absolute atomic E-state index is 0.00000991. The number of methoxy groups -OCH3 is 2. The third-order valence-electron chi connectivity index (χ3n) is 23.3. The minimum atomic E-state index is -1.52. The molecule has 2 saturated heterocycles. The number of pyridine rings is 2. The third-order valence-corrected chi connectivity index (χ3v) is 24.8. The SMILES string of the molecule is C=C[C@@H]1C[C@]1(NC(=O)[C@@H]1C[C@@H](Oc2cc(-c3csc(NC(C)C)n3)nc3cc(OCCOC)ccc23)CN1C(=O)[C@@H](NC(=O)OC1C[C@@H]2C[C@@H]2C1)C(C)(C)C)C(=O)O.CC[C@@H]1C[C@]1(NC(=O)[C@@H]1C[C@@H](Oc2cc(-c3csc(NC(C)C)n3)nc3cc(OCCOC)ccc23)CN1C(=O)[C@@H](NC(=O)OC1C[C@@H]2C[C@@H]2C1)C(C)(C)C)C(=O)O. The van der Waals surface area contributed by atoms with E-state index >= 15 is 0 Å². The van der Waals surface area contributed by atoms with Crippen molar-refractivity contribution in [3.63, 3.8) is 0 Å². The van der Waals surface area contributed by atoms with Gasteiger partial charge >= 0.3 is 24.1 Å². The molecule has 2 unspecified atom stereocenters. The minimum Gasteiger partial charge on any atom is -0.491 e. The molecule has 6 amide bonds. The number of aliphatic carboxylic acids is 2. The average Bonchev–Trinajstić information content (AvgIpc) is 1.58. The summed E-state index contributed by atoms with van der Waals surface area (Å²) < 4.78 is 47.1. The lowest BCUT2D eigenvalue weighted by molar-refractivity contribution is -0.146. The van der Waals surface area contributed by atoms with E-state index < -0.39 is 112 Å². The van der Waals surface area contributed by atoms with E-state index in [0.717, 1.165) is 35.9 Å². The van der Waals surface area contributed by atoms with Crippen LogP contribution in [0.25, 0.3) is 44.6 Å². The fraction of sp³-hybridized carbons (Fsp3) is 0.595. The fourth-order valence-electron chi connectivity index (χ4n) is 16.7. The molecule has 4 aromatic heterocycles. The van der Waals surface area contributed by atoms with Crippen molar-refractivity contribution in [3.8, 4) is 45.8 Å². The number of thiazole rings is 2. The molecule has 30 nitrogen and oxygen atoms in total. The highest BCUT2D eigenvalue weighted by Gasteiger charge is 2.63. The first-order valence-electron chi connectivity index (χ1n) is 40.4. The number of carbonyl (C=O) groups is 8. The van der Waals surface area contributed by atoms with Crippen LogP contribution in [0.1, 0.15) is 147 Å². The van der Waals surface area contributed by atoms with Crippen LogP contribution in [0, 0.1) is 46.3 Å². The molecule has 2 aliphatic heterocycles. The standard InChI is InChI=1S/C42H56N6O9S.C42H54N6O9S/c2*1-8-25-19-42(25,38(51)52)47-36(49)33-17-28(20-48(33)37(50)35(41(4,5)6)46-40(53)57-27-14-23-13-24(23)15-27)56-34-18-31(32-21-58-39(45-32)43-22(2)3)44-30-16-26(9-10-29(30)34)55-12-11-54-7/h9-10,16,18,21-25,27-28,33,35H,8,11-15,17,19-20H2,1-7H3,(H,43,45)(H,46,53)(H,47,49)(H,51,52);8-10,16,18,21-25,27-28,33,35H,1,11-15,17,19-20H2,2-7H3,(H,43,45)(H,46,53)(H,47,49)(H,51,52)/t2*23-,24+,25-,27?,28-,33+,35-,42-/m11/s1. The van der Waals surface area contributed by atoms with Gasteiger partial charge < -0.3 is 89.8 Å². The van der Waals surface area contributed by atoms with Crippen LogP contribution in [0.5, 0.6) is 23.0 Å². The van der Waals surface area contributed by atoms with E-state index in [1.807, 2.05) is 123 Å². The maximum absolute atomic E-state index is 14.7. The van der Waals surface area contributed by atoms with Gasteiger partial charge in [0.1, 0.15) is 107 Å². The molecule has 14 rings (SSSR count). The Labute approximate surface area is 683 Å². The summed E-state index contributed by atoms with van der Waals surface area (Å²) in [6.07, 6.45) is 5.24. The number of aromatic nitrogens is 4. The molecule has 16 atom stereocenters. The van der Waals surface area contributed by atoms with Crippen LogP contribution >= 0.6 is 22.7 Å². The number of carboxylic acids is 2. The third kappa shape index (κ3) is 19.3. The molecule has 116 heavy (non-hydrogen) atoms. The van der Waals surface area contributed by atoms with E-state index in [0.29, 0.717) is 131 Å². The Morgan fingerprint density at radius 1 is 0.552 bits per heavy atom.